The van der Waals surface area contributed by atoms with Crippen molar-refractivity contribution in [3.05, 3.63) is 52.5 Å². The first-order valence-electron chi connectivity index (χ1n) is 4.64. The molecule has 0 atom stereocenters. The first kappa shape index (κ1) is 11.1. The SMILES string of the molecule is Nc1c(Cl)cc(Oc2ccccc2)cc1Cl. The highest BCUT2D eigenvalue weighted by atomic mass is 35.5. The summed E-state index contributed by atoms with van der Waals surface area (Å²) >= 11 is 11.8. The molecule has 0 bridgehead atoms. The molecule has 0 fully saturated rings. The molecule has 0 aliphatic carbocycles. The lowest BCUT2D eigenvalue weighted by atomic mass is 10.3. The van der Waals surface area contributed by atoms with Gasteiger partial charge in [0.2, 0.25) is 0 Å². The van der Waals surface area contributed by atoms with E-state index >= 15 is 0 Å². The van der Waals surface area contributed by atoms with E-state index in [4.69, 9.17) is 33.7 Å². The standard InChI is InChI=1S/C12H9Cl2NO/c13-10-6-9(7-11(14)12(10)15)16-8-4-2-1-3-5-8/h1-7H,15H2. The van der Waals surface area contributed by atoms with Gasteiger partial charge in [0.15, 0.2) is 0 Å². The molecule has 0 aliphatic heterocycles. The number of nitrogen functional groups attached to an aromatic ring is 1. The number of hydrogen-bond donors (Lipinski definition) is 1. The number of rotatable bonds is 2. The van der Waals surface area contributed by atoms with Crippen LogP contribution in [0.25, 0.3) is 0 Å². The molecular formula is C12H9Cl2NO. The predicted octanol–water partition coefficient (Wildman–Crippen LogP) is 4.37. The summed E-state index contributed by atoms with van der Waals surface area (Å²) in [5.74, 6) is 1.29. The first-order chi connectivity index (χ1) is 7.66. The van der Waals surface area contributed by atoms with Crippen LogP contribution >= 0.6 is 23.2 Å². The molecule has 2 rings (SSSR count). The summed E-state index contributed by atoms with van der Waals surface area (Å²) in [5, 5.41) is 0.775. The monoisotopic (exact) mass is 253 g/mol. The van der Waals surface area contributed by atoms with Gasteiger partial charge in [-0.1, -0.05) is 41.4 Å². The molecule has 0 amide bonds. The topological polar surface area (TPSA) is 35.2 Å². The van der Waals surface area contributed by atoms with Crippen molar-refractivity contribution in [3.63, 3.8) is 0 Å². The Morgan fingerprint density at radius 2 is 1.44 bits per heavy atom. The highest BCUT2D eigenvalue weighted by Crippen LogP contribution is 2.34. The second kappa shape index (κ2) is 4.64. The Morgan fingerprint density at radius 1 is 0.875 bits per heavy atom. The van der Waals surface area contributed by atoms with Gasteiger partial charge < -0.3 is 10.5 Å². The Kier molecular flexibility index (Phi) is 3.22. The van der Waals surface area contributed by atoms with E-state index in [0.717, 1.165) is 5.75 Å². The summed E-state index contributed by atoms with van der Waals surface area (Å²) in [7, 11) is 0. The van der Waals surface area contributed by atoms with E-state index in [9.17, 15) is 0 Å². The molecule has 82 valence electrons. The maximum absolute atomic E-state index is 5.90. The summed E-state index contributed by atoms with van der Waals surface area (Å²) in [6, 6.07) is 12.6. The van der Waals surface area contributed by atoms with Crippen LogP contribution in [-0.4, -0.2) is 0 Å². The second-order valence-electron chi connectivity index (χ2n) is 3.22. The van der Waals surface area contributed by atoms with Crippen molar-refractivity contribution < 1.29 is 4.74 Å². The zero-order valence-corrected chi connectivity index (χ0v) is 9.79. The van der Waals surface area contributed by atoms with Crippen LogP contribution in [0.4, 0.5) is 5.69 Å². The van der Waals surface area contributed by atoms with Crippen LogP contribution in [0.1, 0.15) is 0 Å². The molecule has 2 N–H and O–H groups in total. The van der Waals surface area contributed by atoms with Gasteiger partial charge in [0.1, 0.15) is 11.5 Å². The molecule has 2 aromatic carbocycles. The number of ether oxygens (including phenoxy) is 1. The highest BCUT2D eigenvalue weighted by molar-refractivity contribution is 6.39. The fourth-order valence-corrected chi connectivity index (χ4v) is 1.71. The number of nitrogens with two attached hydrogens (primary N) is 1. The molecule has 4 heteroatoms. The van der Waals surface area contributed by atoms with Gasteiger partial charge in [0.25, 0.3) is 0 Å². The average Bonchev–Trinajstić information content (AvgIpc) is 2.27. The molecule has 0 unspecified atom stereocenters. The molecule has 0 saturated carbocycles. The summed E-state index contributed by atoms with van der Waals surface area (Å²) in [5.41, 5.74) is 5.99. The maximum Gasteiger partial charge on any atom is 0.130 e. The summed E-state index contributed by atoms with van der Waals surface area (Å²) < 4.78 is 5.57. The van der Waals surface area contributed by atoms with E-state index in [0.29, 0.717) is 21.5 Å². The van der Waals surface area contributed by atoms with Gasteiger partial charge >= 0.3 is 0 Å². The molecular weight excluding hydrogens is 245 g/mol. The number of benzene rings is 2. The minimum atomic E-state index is 0.365. The zero-order valence-electron chi connectivity index (χ0n) is 8.28. The Labute approximate surface area is 104 Å². The molecule has 0 saturated heterocycles. The minimum absolute atomic E-state index is 0.365. The molecule has 2 aromatic rings. The number of anilines is 1. The Balaban J connectivity index is 2.29. The van der Waals surface area contributed by atoms with Crippen LogP contribution in [-0.2, 0) is 0 Å². The van der Waals surface area contributed by atoms with Gasteiger partial charge in [0.05, 0.1) is 15.7 Å². The van der Waals surface area contributed by atoms with Gasteiger partial charge in [-0.05, 0) is 12.1 Å². The van der Waals surface area contributed by atoms with E-state index in [1.165, 1.54) is 0 Å². The van der Waals surface area contributed by atoms with Crippen LogP contribution in [0.2, 0.25) is 10.0 Å². The summed E-state index contributed by atoms with van der Waals surface area (Å²) in [6.07, 6.45) is 0. The average molecular weight is 254 g/mol. The number of halogens is 2. The fraction of sp³-hybridized carbons (Fsp3) is 0. The van der Waals surface area contributed by atoms with Gasteiger partial charge in [0, 0.05) is 12.1 Å². The number of hydrogen-bond acceptors (Lipinski definition) is 2. The van der Waals surface area contributed by atoms with Crippen molar-refractivity contribution in [2.75, 3.05) is 5.73 Å². The molecule has 0 aliphatic rings. The number of para-hydroxylation sites is 1. The highest BCUT2D eigenvalue weighted by Gasteiger charge is 2.06. The summed E-state index contributed by atoms with van der Waals surface area (Å²) in [6.45, 7) is 0. The van der Waals surface area contributed by atoms with E-state index in [-0.39, 0.29) is 0 Å². The summed E-state index contributed by atoms with van der Waals surface area (Å²) in [4.78, 5) is 0. The maximum atomic E-state index is 5.90. The molecule has 0 aromatic heterocycles. The van der Waals surface area contributed by atoms with Crippen LogP contribution in [0.15, 0.2) is 42.5 Å². The van der Waals surface area contributed by atoms with E-state index < -0.39 is 0 Å². The van der Waals surface area contributed by atoms with Crippen LogP contribution in [0.5, 0.6) is 11.5 Å². The third-order valence-corrected chi connectivity index (χ3v) is 2.66. The molecule has 2 nitrogen and oxygen atoms in total. The van der Waals surface area contributed by atoms with Crippen LogP contribution in [0, 0.1) is 0 Å². The van der Waals surface area contributed by atoms with Gasteiger partial charge in [-0.3, -0.25) is 0 Å². The smallest absolute Gasteiger partial charge is 0.130 e. The largest absolute Gasteiger partial charge is 0.457 e. The molecule has 0 radical (unpaired) electrons. The normalized spacial score (nSPS) is 10.1. The third kappa shape index (κ3) is 2.40. The van der Waals surface area contributed by atoms with E-state index in [2.05, 4.69) is 0 Å². The van der Waals surface area contributed by atoms with Crippen LogP contribution in [0.3, 0.4) is 0 Å². The quantitative estimate of drug-likeness (QED) is 0.807. The lowest BCUT2D eigenvalue weighted by Gasteiger charge is -2.08. The lowest BCUT2D eigenvalue weighted by Crippen LogP contribution is -1.90. The van der Waals surface area contributed by atoms with Crippen molar-refractivity contribution in [2.45, 2.75) is 0 Å². The van der Waals surface area contributed by atoms with Crippen molar-refractivity contribution in [1.29, 1.82) is 0 Å². The van der Waals surface area contributed by atoms with Crippen molar-refractivity contribution in [2.24, 2.45) is 0 Å². The van der Waals surface area contributed by atoms with Crippen molar-refractivity contribution in [3.8, 4) is 11.5 Å². The molecule has 16 heavy (non-hydrogen) atoms. The Morgan fingerprint density at radius 3 is 2.00 bits per heavy atom. The fourth-order valence-electron chi connectivity index (χ4n) is 1.24. The first-order valence-corrected chi connectivity index (χ1v) is 5.40. The molecule has 0 heterocycles. The lowest BCUT2D eigenvalue weighted by molar-refractivity contribution is 0.483. The Hall–Kier alpha value is -1.38. The second-order valence-corrected chi connectivity index (χ2v) is 4.03. The van der Waals surface area contributed by atoms with E-state index in [1.54, 1.807) is 12.1 Å². The minimum Gasteiger partial charge on any atom is -0.457 e. The molecule has 0 spiro atoms. The van der Waals surface area contributed by atoms with E-state index in [1.807, 2.05) is 30.3 Å². The van der Waals surface area contributed by atoms with Gasteiger partial charge in [-0.25, -0.2) is 0 Å². The van der Waals surface area contributed by atoms with Crippen molar-refractivity contribution in [1.82, 2.24) is 0 Å². The third-order valence-electron chi connectivity index (χ3n) is 2.03. The van der Waals surface area contributed by atoms with Crippen LogP contribution < -0.4 is 10.5 Å². The Bertz CT molecular complexity index is 477. The van der Waals surface area contributed by atoms with Crippen molar-refractivity contribution >= 4 is 28.9 Å². The zero-order chi connectivity index (χ0) is 11.5. The van der Waals surface area contributed by atoms with Gasteiger partial charge in [-0.2, -0.15) is 0 Å². The predicted molar refractivity (Wildman–Crippen MR) is 67.4 cm³/mol. The van der Waals surface area contributed by atoms with Gasteiger partial charge in [-0.15, -0.1) is 0 Å².